The van der Waals surface area contributed by atoms with Gasteiger partial charge in [-0.1, -0.05) is 6.42 Å². The molecule has 2 bridgehead atoms. The lowest BCUT2D eigenvalue weighted by atomic mass is 9.92. The molecule has 2 saturated carbocycles. The molecule has 0 unspecified atom stereocenters. The van der Waals surface area contributed by atoms with Gasteiger partial charge in [0, 0.05) is 18.3 Å². The van der Waals surface area contributed by atoms with E-state index in [-0.39, 0.29) is 29.9 Å². The molecule has 9 heteroatoms. The van der Waals surface area contributed by atoms with Crippen LogP contribution in [-0.2, 0) is 0 Å². The molecule has 32 heavy (non-hydrogen) atoms. The number of aromatic nitrogens is 4. The first kappa shape index (κ1) is 18.4. The zero-order chi connectivity index (χ0) is 21.4. The maximum absolute atomic E-state index is 14.4. The second-order valence-corrected chi connectivity index (χ2v) is 9.44. The average molecular weight is 434 g/mol. The van der Waals surface area contributed by atoms with E-state index in [0.29, 0.717) is 28.9 Å². The Kier molecular flexibility index (Phi) is 3.80. The minimum atomic E-state index is -0.365. The molecule has 164 valence electrons. The van der Waals surface area contributed by atoms with Gasteiger partial charge in [-0.2, -0.15) is 5.10 Å². The fourth-order valence-electron chi connectivity index (χ4n) is 5.82. The van der Waals surface area contributed by atoms with Crippen LogP contribution in [0.5, 0.6) is 5.88 Å². The Bertz CT molecular complexity index is 1240. The number of nitrogens with zero attached hydrogens (tertiary/aromatic N) is 5. The molecule has 2 aliphatic carbocycles. The Morgan fingerprint density at radius 2 is 2.12 bits per heavy atom. The number of piperidine rings is 1. The first-order valence-electron chi connectivity index (χ1n) is 11.4. The van der Waals surface area contributed by atoms with Crippen molar-refractivity contribution in [3.8, 4) is 5.88 Å². The highest BCUT2D eigenvalue weighted by Gasteiger charge is 2.54. The van der Waals surface area contributed by atoms with E-state index in [1.165, 1.54) is 6.20 Å². The van der Waals surface area contributed by atoms with Gasteiger partial charge in [0.05, 0.1) is 24.5 Å². The van der Waals surface area contributed by atoms with Crippen molar-refractivity contribution in [1.29, 1.82) is 0 Å². The molecule has 1 amide bonds. The largest absolute Gasteiger partial charge is 0.472 e. The molecule has 4 aliphatic rings. The lowest BCUT2D eigenvalue weighted by Crippen LogP contribution is -2.48. The number of ether oxygens (including phenoxy) is 1. The van der Waals surface area contributed by atoms with Gasteiger partial charge in [0.2, 0.25) is 5.88 Å². The molecule has 7 rings (SSSR count). The summed E-state index contributed by atoms with van der Waals surface area (Å²) in [5.74, 6) is 1.65. The predicted octanol–water partition coefficient (Wildman–Crippen LogP) is 2.89. The molecule has 5 heterocycles. The van der Waals surface area contributed by atoms with Crippen LogP contribution in [0.3, 0.4) is 0 Å². The summed E-state index contributed by atoms with van der Waals surface area (Å²) in [6.45, 7) is 0.843. The van der Waals surface area contributed by atoms with Crippen molar-refractivity contribution in [2.24, 2.45) is 11.8 Å². The second-order valence-electron chi connectivity index (χ2n) is 9.44. The van der Waals surface area contributed by atoms with Crippen LogP contribution in [-0.4, -0.2) is 44.2 Å². The Labute approximate surface area is 183 Å². The quantitative estimate of drug-likeness (QED) is 0.586. The van der Waals surface area contributed by atoms with Gasteiger partial charge in [0.15, 0.2) is 5.65 Å². The molecule has 5 atom stereocenters. The van der Waals surface area contributed by atoms with Gasteiger partial charge in [-0.25, -0.2) is 18.9 Å². The minimum absolute atomic E-state index is 0.0500. The summed E-state index contributed by atoms with van der Waals surface area (Å²) >= 11 is 0. The molecule has 3 aromatic heterocycles. The number of pyridine rings is 1. The third-order valence-corrected chi connectivity index (χ3v) is 7.49. The summed E-state index contributed by atoms with van der Waals surface area (Å²) < 4.78 is 22.5. The van der Waals surface area contributed by atoms with Gasteiger partial charge in [0.25, 0.3) is 5.91 Å². The summed E-state index contributed by atoms with van der Waals surface area (Å²) in [7, 11) is 0. The second kappa shape index (κ2) is 6.63. The van der Waals surface area contributed by atoms with Crippen molar-refractivity contribution in [1.82, 2.24) is 24.9 Å². The highest BCUT2D eigenvalue weighted by Crippen LogP contribution is 2.58. The van der Waals surface area contributed by atoms with Crippen molar-refractivity contribution in [3.05, 3.63) is 47.7 Å². The van der Waals surface area contributed by atoms with Gasteiger partial charge in [0.1, 0.15) is 23.3 Å². The molecule has 8 nitrogen and oxygen atoms in total. The first-order chi connectivity index (χ1) is 15.7. The van der Waals surface area contributed by atoms with E-state index in [1.807, 2.05) is 12.3 Å². The molecule has 0 aromatic carbocycles. The number of anilines is 1. The lowest BCUT2D eigenvalue weighted by molar-refractivity contribution is 0.0781. The maximum Gasteiger partial charge on any atom is 0.257 e. The van der Waals surface area contributed by atoms with E-state index in [0.717, 1.165) is 50.0 Å². The van der Waals surface area contributed by atoms with Crippen molar-refractivity contribution < 1.29 is 13.9 Å². The summed E-state index contributed by atoms with van der Waals surface area (Å²) in [5, 5.41) is 7.48. The van der Waals surface area contributed by atoms with E-state index in [4.69, 9.17) is 9.72 Å². The zero-order valence-corrected chi connectivity index (χ0v) is 17.4. The standard InChI is InChI=1S/C23H23FN6O2/c24-13-8-15-20-14-7-12(14)11-29(20)19-5-6-30-21(28-19)16(10-26-30)22(31)27-17-3-1-2-4-18(17)32-23(15)25-9-13/h5-6,8-10,12,14,17-18,20H,1-4,7,11H2,(H,27,31)/t12-,14-,17-,18-,20-/m1/s1. The van der Waals surface area contributed by atoms with E-state index >= 15 is 0 Å². The average Bonchev–Trinajstić information content (AvgIpc) is 3.26. The SMILES string of the molecule is O=C1N[C@@H]2CCCC[C@H]2Oc2ncc(F)cc2[C@H]2[C@@H]3C[C@@H]3CN2c2ccn3ncc1c3n2. The Hall–Kier alpha value is -3.23. The zero-order valence-electron chi connectivity index (χ0n) is 17.4. The molecule has 2 aliphatic heterocycles. The maximum atomic E-state index is 14.4. The fraction of sp³-hybridized carbons (Fsp3) is 0.478. The molecule has 1 saturated heterocycles. The number of nitrogens with one attached hydrogen (secondary N) is 1. The fourth-order valence-corrected chi connectivity index (χ4v) is 5.82. The Morgan fingerprint density at radius 3 is 3.06 bits per heavy atom. The first-order valence-corrected chi connectivity index (χ1v) is 11.4. The number of carbonyl (C=O) groups is 1. The molecule has 1 N–H and O–H groups in total. The number of rotatable bonds is 0. The van der Waals surface area contributed by atoms with Gasteiger partial charge >= 0.3 is 0 Å². The normalized spacial score (nSPS) is 30.7. The molecule has 0 spiro atoms. The number of halogens is 1. The van der Waals surface area contributed by atoms with E-state index < -0.39 is 0 Å². The van der Waals surface area contributed by atoms with Gasteiger partial charge in [-0.3, -0.25) is 4.79 Å². The highest BCUT2D eigenvalue weighted by molar-refractivity contribution is 6.00. The smallest absolute Gasteiger partial charge is 0.257 e. The van der Waals surface area contributed by atoms with E-state index in [9.17, 15) is 9.18 Å². The van der Waals surface area contributed by atoms with Crippen molar-refractivity contribution in [3.63, 3.8) is 0 Å². The van der Waals surface area contributed by atoms with Gasteiger partial charge in [-0.15, -0.1) is 0 Å². The third-order valence-electron chi connectivity index (χ3n) is 7.49. The highest BCUT2D eigenvalue weighted by atomic mass is 19.1. The molecule has 0 radical (unpaired) electrons. The van der Waals surface area contributed by atoms with Crippen molar-refractivity contribution in [2.45, 2.75) is 50.3 Å². The summed E-state index contributed by atoms with van der Waals surface area (Å²) in [4.78, 5) is 24.6. The van der Waals surface area contributed by atoms with Gasteiger partial charge < -0.3 is 15.0 Å². The molecular formula is C23H23FN6O2. The van der Waals surface area contributed by atoms with Gasteiger partial charge in [-0.05, 0) is 49.7 Å². The van der Waals surface area contributed by atoms with Crippen LogP contribution in [0.2, 0.25) is 0 Å². The summed E-state index contributed by atoms with van der Waals surface area (Å²) in [6.07, 6.45) is 9.22. The Morgan fingerprint density at radius 1 is 1.22 bits per heavy atom. The summed E-state index contributed by atoms with van der Waals surface area (Å²) in [5.41, 5.74) is 1.77. The predicted molar refractivity (Wildman–Crippen MR) is 113 cm³/mol. The number of hydrogen-bond acceptors (Lipinski definition) is 6. The van der Waals surface area contributed by atoms with Crippen LogP contribution in [0.4, 0.5) is 10.2 Å². The molecular weight excluding hydrogens is 411 g/mol. The number of hydrogen-bond donors (Lipinski definition) is 1. The monoisotopic (exact) mass is 434 g/mol. The van der Waals surface area contributed by atoms with Crippen LogP contribution in [0, 0.1) is 17.7 Å². The van der Waals surface area contributed by atoms with Crippen molar-refractivity contribution in [2.75, 3.05) is 11.4 Å². The van der Waals surface area contributed by atoms with Crippen LogP contribution >= 0.6 is 0 Å². The lowest BCUT2D eigenvalue weighted by Gasteiger charge is -2.34. The van der Waals surface area contributed by atoms with Crippen LogP contribution in [0.15, 0.2) is 30.7 Å². The van der Waals surface area contributed by atoms with Crippen molar-refractivity contribution >= 4 is 17.4 Å². The summed E-state index contributed by atoms with van der Waals surface area (Å²) in [6, 6.07) is 3.28. The molecule has 3 fully saturated rings. The Balaban J connectivity index is 1.43. The van der Waals surface area contributed by atoms with Crippen LogP contribution in [0.1, 0.15) is 54.1 Å². The molecule has 3 aromatic rings. The number of carbonyl (C=O) groups excluding carboxylic acids is 1. The number of amides is 1. The van der Waals surface area contributed by atoms with Crippen LogP contribution in [0.25, 0.3) is 5.65 Å². The topological polar surface area (TPSA) is 84.7 Å². The van der Waals surface area contributed by atoms with E-state index in [2.05, 4.69) is 20.3 Å². The minimum Gasteiger partial charge on any atom is -0.472 e. The van der Waals surface area contributed by atoms with E-state index in [1.54, 1.807) is 16.8 Å². The van der Waals surface area contributed by atoms with Crippen LogP contribution < -0.4 is 15.0 Å². The number of fused-ring (bicyclic) bond motifs is 8. The third kappa shape index (κ3) is 2.73.